The maximum absolute atomic E-state index is 15.7. The van der Waals surface area contributed by atoms with Crippen LogP contribution in [-0.4, -0.2) is 34.3 Å². The van der Waals surface area contributed by atoms with Crippen molar-refractivity contribution in [2.24, 2.45) is 0 Å². The van der Waals surface area contributed by atoms with Gasteiger partial charge in [0.2, 0.25) is 9.84 Å². The van der Waals surface area contributed by atoms with Gasteiger partial charge >= 0.3 is 17.8 Å². The first kappa shape index (κ1) is 28.6. The Morgan fingerprint density at radius 3 is 1.77 bits per heavy atom. The Bertz CT molecular complexity index is 1710. The Kier molecular flexibility index (Phi) is 6.48. The predicted molar refractivity (Wildman–Crippen MR) is 151 cm³/mol. The molecule has 1 aliphatic heterocycles. The summed E-state index contributed by atoms with van der Waals surface area (Å²) in [5.74, 6) is -16.4. The molecule has 210 valence electrons. The van der Waals surface area contributed by atoms with Gasteiger partial charge in [-0.05, 0) is 40.3 Å². The number of hydrogen-bond acceptors (Lipinski definition) is 3. The summed E-state index contributed by atoms with van der Waals surface area (Å²) in [6.07, 6.45) is 0.819. The molecule has 1 aromatic heterocycles. The van der Waals surface area contributed by atoms with Crippen LogP contribution >= 0.6 is 11.3 Å². The van der Waals surface area contributed by atoms with Crippen LogP contribution in [0.5, 0.6) is 0 Å². The van der Waals surface area contributed by atoms with Gasteiger partial charge in [0.25, 0.3) is 0 Å². The van der Waals surface area contributed by atoms with Gasteiger partial charge in [0.05, 0.1) is 17.9 Å². The van der Waals surface area contributed by atoms with Gasteiger partial charge in [0, 0.05) is 21.6 Å². The molecule has 0 bridgehead atoms. The Morgan fingerprint density at radius 1 is 0.750 bits per heavy atom. The molecule has 1 aliphatic carbocycles. The number of halogens is 6. The van der Waals surface area contributed by atoms with Crippen molar-refractivity contribution < 1.29 is 34.8 Å². The molecule has 0 saturated heterocycles. The minimum Gasteiger partial charge on any atom is -0.219 e. The van der Waals surface area contributed by atoms with E-state index in [1.54, 1.807) is 56.0 Å². The van der Waals surface area contributed by atoms with Crippen LogP contribution in [0.1, 0.15) is 18.1 Å². The van der Waals surface area contributed by atoms with Crippen molar-refractivity contribution in [3.63, 3.8) is 0 Å². The van der Waals surface area contributed by atoms with E-state index in [0.717, 1.165) is 24.3 Å². The molecule has 0 atom stereocenters. The number of hydrogen-bond donors (Lipinski definition) is 0. The molecular formula is C29H24F6O2S2Si. The molecule has 2 nitrogen and oxygen atoms in total. The largest absolute Gasteiger partial charge is 0.380 e. The van der Waals surface area contributed by atoms with Crippen molar-refractivity contribution in [1.82, 2.24) is 0 Å². The molecule has 0 radical (unpaired) electrons. The van der Waals surface area contributed by atoms with Crippen LogP contribution < -0.4 is 4.50 Å². The molecule has 40 heavy (non-hydrogen) atoms. The van der Waals surface area contributed by atoms with E-state index < -0.39 is 62.2 Å². The SMILES string of the molecule is CC1=C(C2=C(c3cc(-c4ccccc4)sc3[Si](C)(C)C)C(F)(F)C(F)(F)C2(F)F)C=C(c2ccccc2)S1(=O)=O. The molecule has 0 N–H and O–H groups in total. The number of benzene rings is 2. The highest BCUT2D eigenvalue weighted by Gasteiger charge is 2.80. The highest BCUT2D eigenvalue weighted by Crippen LogP contribution is 2.65. The number of thiophene rings is 1. The third-order valence-electron chi connectivity index (χ3n) is 7.08. The summed E-state index contributed by atoms with van der Waals surface area (Å²) in [5.41, 5.74) is -3.64. The van der Waals surface area contributed by atoms with Crippen LogP contribution in [0, 0.1) is 0 Å². The zero-order chi connectivity index (χ0) is 29.5. The van der Waals surface area contributed by atoms with Crippen molar-refractivity contribution in [3.05, 3.63) is 100.0 Å². The molecule has 2 aromatic carbocycles. The summed E-state index contributed by atoms with van der Waals surface area (Å²) < 4.78 is 120. The first-order chi connectivity index (χ1) is 18.4. The normalized spacial score (nSPS) is 21.2. The third kappa shape index (κ3) is 3.99. The maximum atomic E-state index is 15.7. The lowest BCUT2D eigenvalue weighted by molar-refractivity contribution is -0.259. The lowest BCUT2D eigenvalue weighted by Crippen LogP contribution is -2.49. The summed E-state index contributed by atoms with van der Waals surface area (Å²) in [6, 6.07) is 17.3. The summed E-state index contributed by atoms with van der Waals surface area (Å²) in [4.78, 5) is -0.637. The van der Waals surface area contributed by atoms with E-state index in [1.807, 2.05) is 0 Å². The first-order valence-corrected chi connectivity index (χ1v) is 18.1. The van der Waals surface area contributed by atoms with Gasteiger partial charge in [-0.2, -0.15) is 26.3 Å². The molecule has 5 rings (SSSR count). The molecular weight excluding hydrogens is 587 g/mol. The smallest absolute Gasteiger partial charge is 0.219 e. The summed E-state index contributed by atoms with van der Waals surface area (Å²) in [5, 5.41) is 0. The lowest BCUT2D eigenvalue weighted by atomic mass is 9.94. The van der Waals surface area contributed by atoms with Crippen molar-refractivity contribution in [2.75, 3.05) is 0 Å². The molecule has 3 aromatic rings. The maximum Gasteiger partial charge on any atom is 0.380 e. The van der Waals surface area contributed by atoms with Gasteiger partial charge in [0.1, 0.15) is 0 Å². The van der Waals surface area contributed by atoms with E-state index >= 15 is 26.3 Å². The fraction of sp³-hybridized carbons (Fsp3) is 0.241. The fourth-order valence-electron chi connectivity index (χ4n) is 5.02. The number of sulfone groups is 1. The zero-order valence-corrected chi connectivity index (χ0v) is 24.5. The molecule has 0 fully saturated rings. The predicted octanol–water partition coefficient (Wildman–Crippen LogP) is 8.38. The van der Waals surface area contributed by atoms with E-state index in [4.69, 9.17) is 0 Å². The second kappa shape index (κ2) is 9.05. The Balaban J connectivity index is 1.89. The van der Waals surface area contributed by atoms with Crippen molar-refractivity contribution in [3.8, 4) is 10.4 Å². The van der Waals surface area contributed by atoms with Gasteiger partial charge in [-0.15, -0.1) is 11.3 Å². The molecule has 0 amide bonds. The first-order valence-electron chi connectivity index (χ1n) is 12.3. The standard InChI is InChI=1S/C29H24F6O2S2Si/c1-17-20(16-23(39(17,36)37)19-13-9-6-10-14-19)24-25(28(32,33)29(34,35)27(24,30)31)21-15-22(18-11-7-5-8-12-18)38-26(21)40(2,3)4/h5-16H,1-4H3. The highest BCUT2D eigenvalue weighted by atomic mass is 32.2. The van der Waals surface area contributed by atoms with Gasteiger partial charge in [-0.3, -0.25) is 0 Å². The minimum absolute atomic E-state index is 0.128. The number of rotatable bonds is 5. The quantitative estimate of drug-likeness (QED) is 0.215. The van der Waals surface area contributed by atoms with Crippen LogP contribution in [0.2, 0.25) is 19.6 Å². The number of alkyl halides is 6. The van der Waals surface area contributed by atoms with E-state index in [1.165, 1.54) is 30.3 Å². The zero-order valence-electron chi connectivity index (χ0n) is 21.8. The van der Waals surface area contributed by atoms with Crippen LogP contribution in [0.25, 0.3) is 20.9 Å². The Hall–Kier alpha value is -2.89. The lowest BCUT2D eigenvalue weighted by Gasteiger charge is -2.26. The third-order valence-corrected chi connectivity index (χ3v) is 13.8. The monoisotopic (exact) mass is 610 g/mol. The second-order valence-electron chi connectivity index (χ2n) is 10.8. The van der Waals surface area contributed by atoms with Crippen LogP contribution in [0.15, 0.2) is 88.9 Å². The molecule has 2 heterocycles. The molecule has 0 unspecified atom stereocenters. The van der Waals surface area contributed by atoms with E-state index in [-0.39, 0.29) is 11.1 Å². The average molecular weight is 611 g/mol. The van der Waals surface area contributed by atoms with Crippen molar-refractivity contribution in [1.29, 1.82) is 0 Å². The van der Waals surface area contributed by atoms with Gasteiger partial charge in [0.15, 0.2) is 0 Å². The van der Waals surface area contributed by atoms with Gasteiger partial charge < -0.3 is 0 Å². The topological polar surface area (TPSA) is 34.1 Å². The average Bonchev–Trinajstić information content (AvgIpc) is 3.45. The highest BCUT2D eigenvalue weighted by molar-refractivity contribution is 8.04. The van der Waals surface area contributed by atoms with Crippen molar-refractivity contribution in [2.45, 2.75) is 44.3 Å². The molecule has 2 aliphatic rings. The van der Waals surface area contributed by atoms with E-state index in [9.17, 15) is 8.42 Å². The van der Waals surface area contributed by atoms with Crippen molar-refractivity contribution >= 4 is 44.2 Å². The van der Waals surface area contributed by atoms with Gasteiger partial charge in [-0.1, -0.05) is 80.3 Å². The van der Waals surface area contributed by atoms with Crippen LogP contribution in [0.3, 0.4) is 0 Å². The summed E-state index contributed by atoms with van der Waals surface area (Å²) in [6.45, 7) is 6.39. The minimum atomic E-state index is -5.80. The van der Waals surface area contributed by atoms with E-state index in [2.05, 4.69) is 0 Å². The molecule has 0 spiro atoms. The number of allylic oxidation sites excluding steroid dienone is 5. The summed E-state index contributed by atoms with van der Waals surface area (Å²) >= 11 is 1.10. The molecule has 11 heteroatoms. The second-order valence-corrected chi connectivity index (χ2v) is 19.3. The van der Waals surface area contributed by atoms with E-state index in [0.29, 0.717) is 14.9 Å². The Morgan fingerprint density at radius 2 is 1.25 bits per heavy atom. The Labute approximate surface area is 233 Å². The van der Waals surface area contributed by atoms with Crippen LogP contribution in [-0.2, 0) is 9.84 Å². The van der Waals surface area contributed by atoms with Crippen LogP contribution in [0.4, 0.5) is 26.3 Å². The molecule has 0 saturated carbocycles. The van der Waals surface area contributed by atoms with Gasteiger partial charge in [-0.25, -0.2) is 8.42 Å². The fourth-order valence-corrected chi connectivity index (χ4v) is 10.0. The summed E-state index contributed by atoms with van der Waals surface area (Å²) in [7, 11) is -7.00.